The molecule has 0 fully saturated rings. The third-order valence-corrected chi connectivity index (χ3v) is 3.37. The first-order chi connectivity index (χ1) is 9.75. The van der Waals surface area contributed by atoms with E-state index < -0.39 is 11.2 Å². The Morgan fingerprint density at radius 3 is 2.71 bits per heavy atom. The molecule has 0 unspecified atom stereocenters. The molecule has 0 radical (unpaired) electrons. The zero-order chi connectivity index (χ0) is 15.6. The number of nitrogens with zero attached hydrogens (tertiary/aromatic N) is 2. The third-order valence-electron chi connectivity index (χ3n) is 3.02. The molecule has 4 nitrogen and oxygen atoms in total. The van der Waals surface area contributed by atoms with Crippen LogP contribution in [-0.4, -0.2) is 15.9 Å². The summed E-state index contributed by atoms with van der Waals surface area (Å²) in [4.78, 5) is 16.1. The van der Waals surface area contributed by atoms with Crippen molar-refractivity contribution in [2.45, 2.75) is 33.6 Å². The molecule has 2 aromatic rings. The van der Waals surface area contributed by atoms with Crippen molar-refractivity contribution in [2.24, 2.45) is 5.41 Å². The van der Waals surface area contributed by atoms with Crippen LogP contribution in [0.1, 0.15) is 38.0 Å². The molecule has 0 aliphatic heterocycles. The zero-order valence-corrected chi connectivity index (χ0v) is 12.9. The van der Waals surface area contributed by atoms with Crippen molar-refractivity contribution in [3.63, 3.8) is 0 Å². The van der Waals surface area contributed by atoms with Crippen molar-refractivity contribution in [3.05, 3.63) is 46.3 Å². The van der Waals surface area contributed by atoms with Crippen molar-refractivity contribution < 1.29 is 13.7 Å². The molecule has 0 amide bonds. The number of ketones is 1. The number of hydrogen-bond acceptors (Lipinski definition) is 4. The highest BCUT2D eigenvalue weighted by Crippen LogP contribution is 2.20. The van der Waals surface area contributed by atoms with Gasteiger partial charge in [-0.1, -0.05) is 43.6 Å². The molecular formula is C15H16ClFN2O2. The van der Waals surface area contributed by atoms with Crippen LogP contribution in [0.2, 0.25) is 5.02 Å². The lowest BCUT2D eigenvalue weighted by atomic mass is 9.89. The molecular weight excluding hydrogens is 295 g/mol. The minimum atomic E-state index is -0.450. The van der Waals surface area contributed by atoms with E-state index in [1.807, 2.05) is 20.8 Å². The highest BCUT2D eigenvalue weighted by molar-refractivity contribution is 6.31. The monoisotopic (exact) mass is 310 g/mol. The molecule has 1 aromatic carbocycles. The van der Waals surface area contributed by atoms with E-state index in [1.54, 1.807) is 6.07 Å². The molecule has 0 atom stereocenters. The van der Waals surface area contributed by atoms with Crippen LogP contribution in [0, 0.1) is 11.2 Å². The van der Waals surface area contributed by atoms with E-state index in [-0.39, 0.29) is 18.1 Å². The van der Waals surface area contributed by atoms with Crippen LogP contribution < -0.4 is 0 Å². The van der Waals surface area contributed by atoms with Gasteiger partial charge < -0.3 is 4.52 Å². The van der Waals surface area contributed by atoms with Gasteiger partial charge in [-0.05, 0) is 17.7 Å². The number of Topliss-reactive ketones (excluding diaryl/α,β-unsaturated/α-hetero) is 1. The van der Waals surface area contributed by atoms with Gasteiger partial charge in [0.15, 0.2) is 5.82 Å². The smallest absolute Gasteiger partial charge is 0.234 e. The van der Waals surface area contributed by atoms with Crippen molar-refractivity contribution in [3.8, 4) is 0 Å². The number of carbonyl (C=O) groups is 1. The van der Waals surface area contributed by atoms with Gasteiger partial charge in [-0.2, -0.15) is 4.98 Å². The van der Waals surface area contributed by atoms with Crippen LogP contribution in [-0.2, 0) is 17.6 Å². The van der Waals surface area contributed by atoms with E-state index >= 15 is 0 Å². The molecule has 0 aliphatic rings. The van der Waals surface area contributed by atoms with Gasteiger partial charge in [0, 0.05) is 16.9 Å². The van der Waals surface area contributed by atoms with Gasteiger partial charge in [0.1, 0.15) is 11.6 Å². The zero-order valence-electron chi connectivity index (χ0n) is 12.1. The molecule has 0 bridgehead atoms. The first-order valence-corrected chi connectivity index (χ1v) is 6.92. The van der Waals surface area contributed by atoms with Gasteiger partial charge in [0.05, 0.1) is 6.42 Å². The van der Waals surface area contributed by atoms with E-state index in [9.17, 15) is 9.18 Å². The molecule has 21 heavy (non-hydrogen) atoms. The first kappa shape index (κ1) is 15.6. The Balaban J connectivity index is 2.08. The Hall–Kier alpha value is -1.75. The Morgan fingerprint density at radius 2 is 2.10 bits per heavy atom. The van der Waals surface area contributed by atoms with Crippen LogP contribution in [0.3, 0.4) is 0 Å². The lowest BCUT2D eigenvalue weighted by Crippen LogP contribution is -2.22. The lowest BCUT2D eigenvalue weighted by molar-refractivity contribution is -0.125. The van der Waals surface area contributed by atoms with Crippen LogP contribution >= 0.6 is 11.6 Å². The summed E-state index contributed by atoms with van der Waals surface area (Å²) >= 11 is 5.95. The molecule has 112 valence electrons. The third kappa shape index (κ3) is 4.11. The maximum Gasteiger partial charge on any atom is 0.234 e. The lowest BCUT2D eigenvalue weighted by Gasteiger charge is -2.14. The molecule has 1 aromatic heterocycles. The molecule has 0 N–H and O–H groups in total. The highest BCUT2D eigenvalue weighted by atomic mass is 35.5. The normalized spacial score (nSPS) is 11.7. The fourth-order valence-electron chi connectivity index (χ4n) is 1.67. The Morgan fingerprint density at radius 1 is 1.38 bits per heavy atom. The summed E-state index contributed by atoms with van der Waals surface area (Å²) in [5.74, 6) is 0.328. The van der Waals surface area contributed by atoms with Crippen LogP contribution in [0.5, 0.6) is 0 Å². The maximum atomic E-state index is 13.0. The van der Waals surface area contributed by atoms with Crippen LogP contribution in [0.4, 0.5) is 4.39 Å². The number of benzene rings is 1. The average Bonchev–Trinajstić information content (AvgIpc) is 2.79. The average molecular weight is 311 g/mol. The molecule has 0 aliphatic carbocycles. The van der Waals surface area contributed by atoms with Gasteiger partial charge in [-0.3, -0.25) is 4.79 Å². The summed E-state index contributed by atoms with van der Waals surface area (Å²) in [6.07, 6.45) is 0.431. The van der Waals surface area contributed by atoms with E-state index in [4.69, 9.17) is 16.1 Å². The summed E-state index contributed by atoms with van der Waals surface area (Å²) in [5, 5.41) is 4.13. The van der Waals surface area contributed by atoms with Crippen LogP contribution in [0.25, 0.3) is 0 Å². The quantitative estimate of drug-likeness (QED) is 0.865. The number of halogens is 2. The molecule has 1 heterocycles. The van der Waals surface area contributed by atoms with Gasteiger partial charge in [0.25, 0.3) is 0 Å². The summed E-state index contributed by atoms with van der Waals surface area (Å²) in [7, 11) is 0. The Kier molecular flexibility index (Phi) is 4.42. The SMILES string of the molecule is CC(C)(C)C(=O)Cc1nc(Cc2ccc(F)cc2Cl)no1. The van der Waals surface area contributed by atoms with Gasteiger partial charge >= 0.3 is 0 Å². The number of carbonyl (C=O) groups excluding carboxylic acids is 1. The van der Waals surface area contributed by atoms with E-state index in [2.05, 4.69) is 10.1 Å². The standard InChI is InChI=1S/C15H16ClFN2O2/c1-15(2,3)12(20)8-14-18-13(19-21-14)6-9-4-5-10(17)7-11(9)16/h4-5,7H,6,8H2,1-3H3. The van der Waals surface area contributed by atoms with E-state index in [0.29, 0.717) is 22.8 Å². The predicted molar refractivity (Wildman–Crippen MR) is 76.7 cm³/mol. The minimum absolute atomic E-state index is 0.0255. The first-order valence-electron chi connectivity index (χ1n) is 6.54. The van der Waals surface area contributed by atoms with Crippen molar-refractivity contribution >= 4 is 17.4 Å². The van der Waals surface area contributed by atoms with E-state index in [1.165, 1.54) is 12.1 Å². The molecule has 6 heteroatoms. The second-order valence-corrected chi connectivity index (χ2v) is 6.27. The van der Waals surface area contributed by atoms with Gasteiger partial charge in [0.2, 0.25) is 5.89 Å². The van der Waals surface area contributed by atoms with Gasteiger partial charge in [-0.15, -0.1) is 0 Å². The highest BCUT2D eigenvalue weighted by Gasteiger charge is 2.23. The summed E-state index contributed by atoms with van der Waals surface area (Å²) in [6.45, 7) is 5.51. The number of aromatic nitrogens is 2. The van der Waals surface area contributed by atoms with Gasteiger partial charge in [-0.25, -0.2) is 4.39 Å². The van der Waals surface area contributed by atoms with Crippen LogP contribution in [0.15, 0.2) is 22.7 Å². The molecule has 0 spiro atoms. The predicted octanol–water partition coefficient (Wildman–Crippen LogP) is 3.61. The van der Waals surface area contributed by atoms with E-state index in [0.717, 1.165) is 0 Å². The second-order valence-electron chi connectivity index (χ2n) is 5.87. The summed E-state index contributed by atoms with van der Waals surface area (Å²) in [6, 6.07) is 4.14. The fourth-order valence-corrected chi connectivity index (χ4v) is 1.91. The van der Waals surface area contributed by atoms with Crippen molar-refractivity contribution in [1.82, 2.24) is 10.1 Å². The number of hydrogen-bond donors (Lipinski definition) is 0. The minimum Gasteiger partial charge on any atom is -0.339 e. The molecule has 2 rings (SSSR count). The largest absolute Gasteiger partial charge is 0.339 e. The number of rotatable bonds is 4. The molecule has 0 saturated carbocycles. The Labute approximate surface area is 127 Å². The van der Waals surface area contributed by atoms with Crippen molar-refractivity contribution in [1.29, 1.82) is 0 Å². The fraction of sp³-hybridized carbons (Fsp3) is 0.400. The Bertz CT molecular complexity index is 662. The topological polar surface area (TPSA) is 56.0 Å². The summed E-state index contributed by atoms with van der Waals surface area (Å²) in [5.41, 5.74) is 0.252. The molecule has 0 saturated heterocycles. The maximum absolute atomic E-state index is 13.0. The second kappa shape index (κ2) is 5.93. The summed E-state index contributed by atoms with van der Waals surface area (Å²) < 4.78 is 18.0. The van der Waals surface area contributed by atoms with Crippen molar-refractivity contribution in [2.75, 3.05) is 0 Å².